The summed E-state index contributed by atoms with van der Waals surface area (Å²) in [5.41, 5.74) is 2.18. The largest absolute Gasteiger partial charge is 0.388 e. The number of amides is 1. The van der Waals surface area contributed by atoms with Gasteiger partial charge < -0.3 is 10.6 Å². The second-order valence-corrected chi connectivity index (χ2v) is 3.60. The molecular formula is C13H18N2O. The van der Waals surface area contributed by atoms with Crippen molar-refractivity contribution in [3.8, 4) is 0 Å². The highest BCUT2D eigenvalue weighted by Gasteiger charge is 1.95. The summed E-state index contributed by atoms with van der Waals surface area (Å²) < 4.78 is 0. The van der Waals surface area contributed by atoms with Gasteiger partial charge in [0.1, 0.15) is 0 Å². The lowest BCUT2D eigenvalue weighted by Gasteiger charge is -2.06. The van der Waals surface area contributed by atoms with Crippen molar-refractivity contribution >= 4 is 5.91 Å². The number of hydrogen-bond donors (Lipinski definition) is 2. The van der Waals surface area contributed by atoms with Gasteiger partial charge in [-0.1, -0.05) is 30.3 Å². The molecule has 0 bridgehead atoms. The molecule has 16 heavy (non-hydrogen) atoms. The highest BCUT2D eigenvalue weighted by Crippen LogP contribution is 1.98. The Bertz CT molecular complexity index is 357. The molecule has 86 valence electrons. The van der Waals surface area contributed by atoms with E-state index in [0.29, 0.717) is 0 Å². The molecule has 0 aliphatic heterocycles. The molecule has 0 fully saturated rings. The Kier molecular flexibility index (Phi) is 5.12. The van der Waals surface area contributed by atoms with Crippen LogP contribution in [-0.4, -0.2) is 19.5 Å². The SMILES string of the molecule is CNC(=O)/C=C(/C)NCCc1ccccc1. The van der Waals surface area contributed by atoms with E-state index in [1.807, 2.05) is 25.1 Å². The third kappa shape index (κ3) is 4.64. The van der Waals surface area contributed by atoms with Crippen molar-refractivity contribution in [2.45, 2.75) is 13.3 Å². The Morgan fingerprint density at radius 2 is 2.00 bits per heavy atom. The van der Waals surface area contributed by atoms with Gasteiger partial charge in [0, 0.05) is 25.4 Å². The number of carbonyl (C=O) groups excluding carboxylic acids is 1. The highest BCUT2D eigenvalue weighted by atomic mass is 16.1. The first-order valence-corrected chi connectivity index (χ1v) is 5.40. The average Bonchev–Trinajstić information content (AvgIpc) is 2.30. The van der Waals surface area contributed by atoms with E-state index in [4.69, 9.17) is 0 Å². The molecule has 1 rings (SSSR count). The van der Waals surface area contributed by atoms with Crippen molar-refractivity contribution in [2.24, 2.45) is 0 Å². The number of hydrogen-bond acceptors (Lipinski definition) is 2. The van der Waals surface area contributed by atoms with Crippen LogP contribution in [-0.2, 0) is 11.2 Å². The molecule has 0 spiro atoms. The van der Waals surface area contributed by atoms with Gasteiger partial charge in [-0.3, -0.25) is 4.79 Å². The third-order valence-corrected chi connectivity index (χ3v) is 2.25. The first-order chi connectivity index (χ1) is 7.72. The molecule has 0 atom stereocenters. The monoisotopic (exact) mass is 218 g/mol. The lowest BCUT2D eigenvalue weighted by Crippen LogP contribution is -2.20. The molecule has 0 heterocycles. The molecule has 1 amide bonds. The predicted molar refractivity (Wildman–Crippen MR) is 66.0 cm³/mol. The Labute approximate surface area is 96.6 Å². The molecular weight excluding hydrogens is 200 g/mol. The molecule has 1 aromatic carbocycles. The van der Waals surface area contributed by atoms with Gasteiger partial charge in [-0.05, 0) is 18.9 Å². The summed E-state index contributed by atoms with van der Waals surface area (Å²) in [7, 11) is 1.62. The minimum atomic E-state index is -0.0790. The summed E-state index contributed by atoms with van der Waals surface area (Å²) in [6, 6.07) is 10.3. The van der Waals surface area contributed by atoms with Gasteiger partial charge in [0.15, 0.2) is 0 Å². The topological polar surface area (TPSA) is 41.1 Å². The fraction of sp³-hybridized carbons (Fsp3) is 0.308. The van der Waals surface area contributed by atoms with E-state index in [1.165, 1.54) is 5.56 Å². The Hall–Kier alpha value is -1.77. The average molecular weight is 218 g/mol. The minimum Gasteiger partial charge on any atom is -0.388 e. The summed E-state index contributed by atoms with van der Waals surface area (Å²) in [6.45, 7) is 2.73. The Morgan fingerprint density at radius 1 is 1.31 bits per heavy atom. The van der Waals surface area contributed by atoms with Crippen LogP contribution in [0.5, 0.6) is 0 Å². The number of allylic oxidation sites excluding steroid dienone is 1. The van der Waals surface area contributed by atoms with Crippen LogP contribution in [0.2, 0.25) is 0 Å². The molecule has 3 heteroatoms. The maximum atomic E-state index is 11.0. The molecule has 3 nitrogen and oxygen atoms in total. The standard InChI is InChI=1S/C13H18N2O/c1-11(10-13(16)14-2)15-9-8-12-6-4-3-5-7-12/h3-7,10,15H,8-9H2,1-2H3,(H,14,16)/b11-10-. The van der Waals surface area contributed by atoms with Gasteiger partial charge in [0.05, 0.1) is 0 Å². The molecule has 0 aliphatic rings. The smallest absolute Gasteiger partial charge is 0.245 e. The summed E-state index contributed by atoms with van der Waals surface area (Å²) in [6.07, 6.45) is 2.52. The van der Waals surface area contributed by atoms with Crippen LogP contribution in [0.15, 0.2) is 42.1 Å². The summed E-state index contributed by atoms with van der Waals surface area (Å²) in [5, 5.41) is 5.75. The number of benzene rings is 1. The van der Waals surface area contributed by atoms with Crippen LogP contribution in [0.3, 0.4) is 0 Å². The molecule has 0 aromatic heterocycles. The van der Waals surface area contributed by atoms with Gasteiger partial charge in [-0.25, -0.2) is 0 Å². The maximum absolute atomic E-state index is 11.0. The van der Waals surface area contributed by atoms with E-state index in [2.05, 4.69) is 22.8 Å². The molecule has 1 aromatic rings. The van der Waals surface area contributed by atoms with Crippen LogP contribution in [0.4, 0.5) is 0 Å². The van der Waals surface area contributed by atoms with Crippen LogP contribution < -0.4 is 10.6 Å². The fourth-order valence-corrected chi connectivity index (χ4v) is 1.37. The van der Waals surface area contributed by atoms with Crippen molar-refractivity contribution in [1.82, 2.24) is 10.6 Å². The van der Waals surface area contributed by atoms with Crippen molar-refractivity contribution in [3.63, 3.8) is 0 Å². The first-order valence-electron chi connectivity index (χ1n) is 5.40. The van der Waals surface area contributed by atoms with E-state index in [-0.39, 0.29) is 5.91 Å². The lowest BCUT2D eigenvalue weighted by atomic mass is 10.1. The zero-order valence-electron chi connectivity index (χ0n) is 9.79. The van der Waals surface area contributed by atoms with Crippen LogP contribution in [0.25, 0.3) is 0 Å². The fourth-order valence-electron chi connectivity index (χ4n) is 1.37. The highest BCUT2D eigenvalue weighted by molar-refractivity contribution is 5.87. The second kappa shape index (κ2) is 6.67. The van der Waals surface area contributed by atoms with Crippen molar-refractivity contribution in [1.29, 1.82) is 0 Å². The summed E-state index contributed by atoms with van der Waals surface area (Å²) in [5.74, 6) is -0.0790. The third-order valence-electron chi connectivity index (χ3n) is 2.25. The number of likely N-dealkylation sites (N-methyl/N-ethyl adjacent to an activating group) is 1. The second-order valence-electron chi connectivity index (χ2n) is 3.60. The van der Waals surface area contributed by atoms with Crippen LogP contribution in [0.1, 0.15) is 12.5 Å². The van der Waals surface area contributed by atoms with E-state index >= 15 is 0 Å². The van der Waals surface area contributed by atoms with E-state index in [0.717, 1.165) is 18.7 Å². The molecule has 0 unspecified atom stereocenters. The molecule has 0 saturated heterocycles. The van der Waals surface area contributed by atoms with E-state index in [1.54, 1.807) is 13.1 Å². The summed E-state index contributed by atoms with van der Waals surface area (Å²) in [4.78, 5) is 11.0. The van der Waals surface area contributed by atoms with Gasteiger partial charge in [-0.2, -0.15) is 0 Å². The molecule has 0 aliphatic carbocycles. The zero-order valence-corrected chi connectivity index (χ0v) is 9.79. The molecule has 2 N–H and O–H groups in total. The summed E-state index contributed by atoms with van der Waals surface area (Å²) >= 11 is 0. The normalized spacial score (nSPS) is 11.0. The van der Waals surface area contributed by atoms with Crippen molar-refractivity contribution in [3.05, 3.63) is 47.7 Å². The number of rotatable bonds is 5. The quantitative estimate of drug-likeness (QED) is 0.735. The Morgan fingerprint density at radius 3 is 2.62 bits per heavy atom. The van der Waals surface area contributed by atoms with E-state index < -0.39 is 0 Å². The maximum Gasteiger partial charge on any atom is 0.245 e. The Balaban J connectivity index is 2.31. The van der Waals surface area contributed by atoms with Crippen LogP contribution >= 0.6 is 0 Å². The zero-order chi connectivity index (χ0) is 11.8. The van der Waals surface area contributed by atoms with Crippen molar-refractivity contribution in [2.75, 3.05) is 13.6 Å². The van der Waals surface area contributed by atoms with Gasteiger partial charge in [0.2, 0.25) is 5.91 Å². The molecule has 0 saturated carbocycles. The van der Waals surface area contributed by atoms with Gasteiger partial charge in [-0.15, -0.1) is 0 Å². The van der Waals surface area contributed by atoms with Gasteiger partial charge >= 0.3 is 0 Å². The van der Waals surface area contributed by atoms with Gasteiger partial charge in [0.25, 0.3) is 0 Å². The predicted octanol–water partition coefficient (Wildman–Crippen LogP) is 1.47. The molecule has 0 radical (unpaired) electrons. The minimum absolute atomic E-state index is 0.0790. The number of carbonyl (C=O) groups is 1. The first kappa shape index (κ1) is 12.3. The lowest BCUT2D eigenvalue weighted by molar-refractivity contribution is -0.116. The van der Waals surface area contributed by atoms with E-state index in [9.17, 15) is 4.79 Å². The van der Waals surface area contributed by atoms with Crippen molar-refractivity contribution < 1.29 is 4.79 Å². The van der Waals surface area contributed by atoms with Crippen LogP contribution in [0, 0.1) is 0 Å². The number of nitrogens with one attached hydrogen (secondary N) is 2.